The van der Waals surface area contributed by atoms with Crippen LogP contribution >= 0.6 is 0 Å². The van der Waals surface area contributed by atoms with Crippen LogP contribution in [0.15, 0.2) is 47.7 Å². The summed E-state index contributed by atoms with van der Waals surface area (Å²) in [5.74, 6) is -0.256. The molecule has 0 spiro atoms. The first-order valence-electron chi connectivity index (χ1n) is 7.71. The number of hydrogen-bond donors (Lipinski definition) is 0. The Morgan fingerprint density at radius 3 is 2.80 bits per heavy atom. The van der Waals surface area contributed by atoms with E-state index in [0.29, 0.717) is 17.6 Å². The predicted octanol–water partition coefficient (Wildman–Crippen LogP) is 0.954. The summed E-state index contributed by atoms with van der Waals surface area (Å²) in [6, 6.07) is 11.4. The molecular weight excluding hydrogens is 320 g/mol. The highest BCUT2D eigenvalue weighted by Gasteiger charge is 2.14. The van der Waals surface area contributed by atoms with Crippen molar-refractivity contribution in [1.82, 2.24) is 24.2 Å². The minimum atomic E-state index is -0.325. The monoisotopic (exact) mass is 336 g/mol. The average Bonchev–Trinajstić information content (AvgIpc) is 3.07. The number of aromatic nitrogens is 4. The number of nitriles is 1. The van der Waals surface area contributed by atoms with Crippen molar-refractivity contribution in [3.63, 3.8) is 0 Å². The zero-order valence-electron chi connectivity index (χ0n) is 13.7. The first-order chi connectivity index (χ1) is 12.1. The Morgan fingerprint density at radius 1 is 1.32 bits per heavy atom. The Morgan fingerprint density at radius 2 is 2.08 bits per heavy atom. The second-order valence-electron chi connectivity index (χ2n) is 5.53. The van der Waals surface area contributed by atoms with E-state index in [1.807, 2.05) is 36.4 Å². The molecule has 0 aliphatic rings. The predicted molar refractivity (Wildman–Crippen MR) is 91.0 cm³/mol. The number of carbonyl (C=O) groups excluding carboxylic acids is 1. The highest BCUT2D eigenvalue weighted by molar-refractivity contribution is 5.77. The van der Waals surface area contributed by atoms with Crippen molar-refractivity contribution in [2.24, 2.45) is 0 Å². The van der Waals surface area contributed by atoms with Crippen molar-refractivity contribution in [2.75, 3.05) is 13.6 Å². The van der Waals surface area contributed by atoms with Crippen LogP contribution in [0.4, 0.5) is 0 Å². The molecule has 0 radical (unpaired) electrons. The summed E-state index contributed by atoms with van der Waals surface area (Å²) < 4.78 is 2.84. The van der Waals surface area contributed by atoms with Crippen LogP contribution in [0.3, 0.4) is 0 Å². The standard InChI is InChI=1S/C17H16N6O2/c1-21(9-5-8-18)15(24)11-22-12-19-16-14(17(22)25)10-20-23(16)13-6-3-2-4-7-13/h2-4,6-7,10,12H,5,9,11H2,1H3. The number of carbonyl (C=O) groups is 1. The van der Waals surface area contributed by atoms with Gasteiger partial charge in [0.1, 0.15) is 18.3 Å². The summed E-state index contributed by atoms with van der Waals surface area (Å²) in [6.45, 7) is 0.200. The third kappa shape index (κ3) is 3.26. The minimum Gasteiger partial charge on any atom is -0.343 e. The van der Waals surface area contributed by atoms with Gasteiger partial charge in [-0.1, -0.05) is 18.2 Å². The van der Waals surface area contributed by atoms with E-state index in [4.69, 9.17) is 5.26 Å². The van der Waals surface area contributed by atoms with Crippen molar-refractivity contribution in [1.29, 1.82) is 5.26 Å². The molecule has 8 heteroatoms. The van der Waals surface area contributed by atoms with Gasteiger partial charge in [-0.05, 0) is 12.1 Å². The normalized spacial score (nSPS) is 10.6. The summed E-state index contributed by atoms with van der Waals surface area (Å²) in [4.78, 5) is 30.5. The quantitative estimate of drug-likeness (QED) is 0.691. The van der Waals surface area contributed by atoms with E-state index in [-0.39, 0.29) is 24.4 Å². The van der Waals surface area contributed by atoms with Gasteiger partial charge in [0.15, 0.2) is 5.65 Å². The van der Waals surface area contributed by atoms with Gasteiger partial charge in [-0.15, -0.1) is 0 Å². The van der Waals surface area contributed by atoms with Gasteiger partial charge in [0, 0.05) is 13.6 Å². The number of hydrogen-bond acceptors (Lipinski definition) is 5. The van der Waals surface area contributed by atoms with Gasteiger partial charge in [-0.25, -0.2) is 9.67 Å². The van der Waals surface area contributed by atoms with Crippen molar-refractivity contribution < 1.29 is 4.79 Å². The number of fused-ring (bicyclic) bond motifs is 1. The maximum absolute atomic E-state index is 12.6. The lowest BCUT2D eigenvalue weighted by atomic mass is 10.3. The molecule has 2 heterocycles. The summed E-state index contributed by atoms with van der Waals surface area (Å²) >= 11 is 0. The number of likely N-dealkylation sites (N-methyl/N-ethyl adjacent to an activating group) is 1. The van der Waals surface area contributed by atoms with E-state index in [0.717, 1.165) is 5.69 Å². The smallest absolute Gasteiger partial charge is 0.264 e. The van der Waals surface area contributed by atoms with Gasteiger partial charge in [0.25, 0.3) is 5.56 Å². The second-order valence-corrected chi connectivity index (χ2v) is 5.53. The molecule has 0 aliphatic heterocycles. The molecule has 0 fully saturated rings. The Bertz CT molecular complexity index is 999. The van der Waals surface area contributed by atoms with Crippen LogP contribution in [0.25, 0.3) is 16.7 Å². The lowest BCUT2D eigenvalue weighted by Crippen LogP contribution is -2.34. The summed E-state index contributed by atoms with van der Waals surface area (Å²) in [7, 11) is 1.60. The number of rotatable bonds is 5. The molecule has 3 aromatic rings. The first-order valence-corrected chi connectivity index (χ1v) is 7.71. The molecule has 126 valence electrons. The highest BCUT2D eigenvalue weighted by Crippen LogP contribution is 2.12. The van der Waals surface area contributed by atoms with Gasteiger partial charge in [-0.3, -0.25) is 14.2 Å². The van der Waals surface area contributed by atoms with Crippen molar-refractivity contribution in [3.05, 3.63) is 53.2 Å². The van der Waals surface area contributed by atoms with Crippen LogP contribution in [0.2, 0.25) is 0 Å². The van der Waals surface area contributed by atoms with E-state index < -0.39 is 0 Å². The molecule has 0 N–H and O–H groups in total. The molecule has 1 amide bonds. The van der Waals surface area contributed by atoms with Gasteiger partial charge in [0.05, 0.1) is 24.4 Å². The second kappa shape index (κ2) is 6.97. The Balaban J connectivity index is 1.90. The molecule has 1 aromatic carbocycles. The Labute approximate surface area is 143 Å². The van der Waals surface area contributed by atoms with E-state index in [1.165, 1.54) is 22.0 Å². The van der Waals surface area contributed by atoms with Crippen LogP contribution in [-0.4, -0.2) is 43.7 Å². The molecule has 0 saturated heterocycles. The molecule has 8 nitrogen and oxygen atoms in total. The van der Waals surface area contributed by atoms with Crippen LogP contribution in [0.5, 0.6) is 0 Å². The number of para-hydroxylation sites is 1. The molecule has 0 atom stereocenters. The number of amides is 1. The molecule has 2 aromatic heterocycles. The van der Waals surface area contributed by atoms with Crippen LogP contribution in [0, 0.1) is 11.3 Å². The van der Waals surface area contributed by atoms with E-state index in [1.54, 1.807) is 11.7 Å². The fourth-order valence-electron chi connectivity index (χ4n) is 2.43. The van der Waals surface area contributed by atoms with Gasteiger partial charge < -0.3 is 4.90 Å². The fourth-order valence-corrected chi connectivity index (χ4v) is 2.43. The zero-order chi connectivity index (χ0) is 17.8. The molecule has 0 aliphatic carbocycles. The number of nitrogens with zero attached hydrogens (tertiary/aromatic N) is 6. The van der Waals surface area contributed by atoms with Crippen LogP contribution in [0.1, 0.15) is 6.42 Å². The maximum Gasteiger partial charge on any atom is 0.264 e. The largest absolute Gasteiger partial charge is 0.343 e. The summed E-state index contributed by atoms with van der Waals surface area (Å²) in [5.41, 5.74) is 0.918. The molecule has 0 saturated carbocycles. The lowest BCUT2D eigenvalue weighted by molar-refractivity contribution is -0.130. The SMILES string of the molecule is CN(CCC#N)C(=O)Cn1cnc2c(cnn2-c2ccccc2)c1=O. The fraction of sp³-hybridized carbons (Fsp3) is 0.235. The highest BCUT2D eigenvalue weighted by atomic mass is 16.2. The Hall–Kier alpha value is -3.47. The summed E-state index contributed by atoms with van der Waals surface area (Å²) in [5, 5.41) is 13.2. The molecule has 0 unspecified atom stereocenters. The number of benzene rings is 1. The molecule has 25 heavy (non-hydrogen) atoms. The van der Waals surface area contributed by atoms with E-state index >= 15 is 0 Å². The molecular formula is C17H16N6O2. The van der Waals surface area contributed by atoms with Gasteiger partial charge in [0.2, 0.25) is 5.91 Å². The van der Waals surface area contributed by atoms with Crippen molar-refractivity contribution in [3.8, 4) is 11.8 Å². The topological polar surface area (TPSA) is 96.8 Å². The van der Waals surface area contributed by atoms with E-state index in [9.17, 15) is 9.59 Å². The van der Waals surface area contributed by atoms with Crippen LogP contribution in [-0.2, 0) is 11.3 Å². The van der Waals surface area contributed by atoms with Gasteiger partial charge >= 0.3 is 0 Å². The molecule has 0 bridgehead atoms. The lowest BCUT2D eigenvalue weighted by Gasteiger charge is -2.15. The van der Waals surface area contributed by atoms with Crippen molar-refractivity contribution in [2.45, 2.75) is 13.0 Å². The first kappa shape index (κ1) is 16.4. The summed E-state index contributed by atoms with van der Waals surface area (Å²) in [6.07, 6.45) is 3.05. The van der Waals surface area contributed by atoms with Gasteiger partial charge in [-0.2, -0.15) is 10.4 Å². The average molecular weight is 336 g/mol. The third-order valence-corrected chi connectivity index (χ3v) is 3.85. The zero-order valence-corrected chi connectivity index (χ0v) is 13.7. The Kier molecular flexibility index (Phi) is 4.57. The van der Waals surface area contributed by atoms with Crippen LogP contribution < -0.4 is 5.56 Å². The minimum absolute atomic E-state index is 0.125. The molecule has 3 rings (SSSR count). The van der Waals surface area contributed by atoms with E-state index in [2.05, 4.69) is 10.1 Å². The van der Waals surface area contributed by atoms with Crippen molar-refractivity contribution >= 4 is 16.9 Å². The third-order valence-electron chi connectivity index (χ3n) is 3.85. The maximum atomic E-state index is 12.6.